The fourth-order valence-corrected chi connectivity index (χ4v) is 2.74. The lowest BCUT2D eigenvalue weighted by Crippen LogP contribution is -2.28. The molecule has 0 aliphatic rings. The Hall–Kier alpha value is -0.940. The molecule has 0 spiro atoms. The van der Waals surface area contributed by atoms with Gasteiger partial charge in [-0.15, -0.1) is 0 Å². The lowest BCUT2D eigenvalue weighted by atomic mass is 10.0. The van der Waals surface area contributed by atoms with Crippen LogP contribution in [0.4, 0.5) is 0 Å². The average Bonchev–Trinajstić information content (AvgIpc) is 2.38. The zero-order chi connectivity index (χ0) is 13.4. The molecule has 102 valence electrons. The summed E-state index contributed by atoms with van der Waals surface area (Å²) >= 11 is 0. The molecule has 1 unspecified atom stereocenters. The van der Waals surface area contributed by atoms with Gasteiger partial charge in [-0.1, -0.05) is 6.92 Å². The van der Waals surface area contributed by atoms with Crippen LogP contribution in [0.3, 0.4) is 0 Å². The second kappa shape index (κ2) is 7.48. The quantitative estimate of drug-likeness (QED) is 0.776. The fraction of sp³-hybridized carbons (Fsp3) is 0.615. The summed E-state index contributed by atoms with van der Waals surface area (Å²) in [5.41, 5.74) is 1.22. The molecular weight excluding hydrogens is 248 g/mol. The largest absolute Gasteiger partial charge is 0.317 e. The molecule has 0 bridgehead atoms. The fourth-order valence-electron chi connectivity index (χ4n) is 1.85. The van der Waals surface area contributed by atoms with E-state index in [-0.39, 0.29) is 11.5 Å². The Labute approximate surface area is 110 Å². The van der Waals surface area contributed by atoms with Crippen LogP contribution in [0.2, 0.25) is 0 Å². The summed E-state index contributed by atoms with van der Waals surface area (Å²) in [5, 5.41) is 3.24. The van der Waals surface area contributed by atoms with E-state index < -0.39 is 9.84 Å². The molecule has 1 aromatic heterocycles. The van der Waals surface area contributed by atoms with Crippen LogP contribution >= 0.6 is 0 Å². The summed E-state index contributed by atoms with van der Waals surface area (Å²) in [4.78, 5) is 3.98. The first-order valence-electron chi connectivity index (χ1n) is 6.34. The number of pyridine rings is 1. The third kappa shape index (κ3) is 5.60. The lowest BCUT2D eigenvalue weighted by Gasteiger charge is -2.15. The summed E-state index contributed by atoms with van der Waals surface area (Å²) in [5.74, 6) is 0.527. The van der Waals surface area contributed by atoms with Gasteiger partial charge < -0.3 is 5.32 Å². The van der Waals surface area contributed by atoms with Gasteiger partial charge in [-0.05, 0) is 44.0 Å². The summed E-state index contributed by atoms with van der Waals surface area (Å²) in [7, 11) is -0.917. The molecule has 4 nitrogen and oxygen atoms in total. The first kappa shape index (κ1) is 15.1. The Morgan fingerprint density at radius 3 is 2.56 bits per heavy atom. The first-order valence-corrected chi connectivity index (χ1v) is 8.16. The Morgan fingerprint density at radius 1 is 1.33 bits per heavy atom. The van der Waals surface area contributed by atoms with Crippen molar-refractivity contribution in [3.63, 3.8) is 0 Å². The van der Waals surface area contributed by atoms with Crippen LogP contribution in [0.25, 0.3) is 0 Å². The molecule has 1 atom stereocenters. The molecule has 1 aromatic rings. The number of hydrogen-bond acceptors (Lipinski definition) is 4. The van der Waals surface area contributed by atoms with E-state index in [0.29, 0.717) is 12.5 Å². The minimum Gasteiger partial charge on any atom is -0.317 e. The number of rotatable bonds is 8. The van der Waals surface area contributed by atoms with Crippen molar-refractivity contribution in [2.45, 2.75) is 32.2 Å². The van der Waals surface area contributed by atoms with Crippen molar-refractivity contribution in [1.82, 2.24) is 10.3 Å². The van der Waals surface area contributed by atoms with Gasteiger partial charge in [-0.25, -0.2) is 8.42 Å². The SMILES string of the molecule is CCS(=O)(=O)CCCC(Cc1ccncc1)NC. The molecule has 18 heavy (non-hydrogen) atoms. The van der Waals surface area contributed by atoms with Gasteiger partial charge in [0.05, 0.1) is 5.75 Å². The normalized spacial score (nSPS) is 13.4. The Kier molecular flexibility index (Phi) is 6.29. The van der Waals surface area contributed by atoms with Crippen molar-refractivity contribution in [1.29, 1.82) is 0 Å². The molecule has 0 fully saturated rings. The highest BCUT2D eigenvalue weighted by molar-refractivity contribution is 7.91. The van der Waals surface area contributed by atoms with Gasteiger partial charge in [0.2, 0.25) is 0 Å². The maximum absolute atomic E-state index is 11.4. The predicted octanol–water partition coefficient (Wildman–Crippen LogP) is 1.43. The zero-order valence-corrected chi connectivity index (χ0v) is 11.9. The number of hydrogen-bond donors (Lipinski definition) is 1. The Morgan fingerprint density at radius 2 is 2.00 bits per heavy atom. The van der Waals surface area contributed by atoms with Crippen LogP contribution in [0.15, 0.2) is 24.5 Å². The van der Waals surface area contributed by atoms with Crippen molar-refractivity contribution in [2.75, 3.05) is 18.6 Å². The van der Waals surface area contributed by atoms with E-state index in [1.54, 1.807) is 19.3 Å². The summed E-state index contributed by atoms with van der Waals surface area (Å²) in [6, 6.07) is 4.31. The van der Waals surface area contributed by atoms with Gasteiger partial charge in [0.1, 0.15) is 9.84 Å². The molecular formula is C13H22N2O2S. The molecule has 1 N–H and O–H groups in total. The van der Waals surface area contributed by atoms with E-state index in [1.807, 2.05) is 19.2 Å². The highest BCUT2D eigenvalue weighted by Crippen LogP contribution is 2.08. The first-order chi connectivity index (χ1) is 8.57. The number of aromatic nitrogens is 1. The van der Waals surface area contributed by atoms with Gasteiger partial charge >= 0.3 is 0 Å². The molecule has 0 amide bonds. The lowest BCUT2D eigenvalue weighted by molar-refractivity contribution is 0.510. The van der Waals surface area contributed by atoms with Crippen LogP contribution in [-0.4, -0.2) is 38.0 Å². The van der Waals surface area contributed by atoms with E-state index in [9.17, 15) is 8.42 Å². The topological polar surface area (TPSA) is 59.1 Å². The molecule has 0 aliphatic carbocycles. The Bertz CT molecular complexity index is 432. The van der Waals surface area contributed by atoms with Crippen molar-refractivity contribution >= 4 is 9.84 Å². The second-order valence-electron chi connectivity index (χ2n) is 4.42. The number of likely N-dealkylation sites (N-methyl/N-ethyl adjacent to an activating group) is 1. The highest BCUT2D eigenvalue weighted by atomic mass is 32.2. The summed E-state index contributed by atoms with van der Waals surface area (Å²) in [6.45, 7) is 1.70. The summed E-state index contributed by atoms with van der Waals surface area (Å²) < 4.78 is 22.8. The van der Waals surface area contributed by atoms with Crippen molar-refractivity contribution < 1.29 is 8.42 Å². The van der Waals surface area contributed by atoms with Gasteiger partial charge in [-0.2, -0.15) is 0 Å². The standard InChI is InChI=1S/C13H22N2O2S/c1-3-18(16,17)10-4-5-13(14-2)11-12-6-8-15-9-7-12/h6-9,13-14H,3-5,10-11H2,1-2H3. The molecule has 5 heteroatoms. The van der Waals surface area contributed by atoms with Gasteiger partial charge in [-0.3, -0.25) is 4.98 Å². The van der Waals surface area contributed by atoms with E-state index >= 15 is 0 Å². The summed E-state index contributed by atoms with van der Waals surface area (Å²) in [6.07, 6.45) is 6.06. The van der Waals surface area contributed by atoms with Crippen molar-refractivity contribution in [2.24, 2.45) is 0 Å². The highest BCUT2D eigenvalue weighted by Gasteiger charge is 2.11. The van der Waals surface area contributed by atoms with E-state index in [1.165, 1.54) is 5.56 Å². The smallest absolute Gasteiger partial charge is 0.150 e. The third-order valence-corrected chi connectivity index (χ3v) is 4.88. The van der Waals surface area contributed by atoms with Crippen molar-refractivity contribution in [3.05, 3.63) is 30.1 Å². The van der Waals surface area contributed by atoms with Crippen LogP contribution < -0.4 is 5.32 Å². The molecule has 0 saturated heterocycles. The van der Waals surface area contributed by atoms with E-state index in [4.69, 9.17) is 0 Å². The van der Waals surface area contributed by atoms with Crippen LogP contribution in [-0.2, 0) is 16.3 Å². The molecule has 0 aromatic carbocycles. The van der Waals surface area contributed by atoms with Gasteiger partial charge in [0.25, 0.3) is 0 Å². The maximum atomic E-state index is 11.4. The minimum atomic E-state index is -2.83. The monoisotopic (exact) mass is 270 g/mol. The third-order valence-electron chi connectivity index (χ3n) is 3.09. The molecule has 0 radical (unpaired) electrons. The molecule has 1 heterocycles. The zero-order valence-electron chi connectivity index (χ0n) is 11.1. The van der Waals surface area contributed by atoms with Gasteiger partial charge in [0, 0.05) is 24.2 Å². The number of nitrogens with one attached hydrogen (secondary N) is 1. The average molecular weight is 270 g/mol. The van der Waals surface area contributed by atoms with Crippen LogP contribution in [0.5, 0.6) is 0 Å². The second-order valence-corrected chi connectivity index (χ2v) is 6.90. The van der Waals surface area contributed by atoms with E-state index in [2.05, 4.69) is 10.3 Å². The van der Waals surface area contributed by atoms with Crippen molar-refractivity contribution in [3.8, 4) is 0 Å². The van der Waals surface area contributed by atoms with E-state index in [0.717, 1.165) is 12.8 Å². The van der Waals surface area contributed by atoms with Crippen LogP contribution in [0.1, 0.15) is 25.3 Å². The van der Waals surface area contributed by atoms with Gasteiger partial charge in [0.15, 0.2) is 0 Å². The number of sulfone groups is 1. The molecule has 0 aliphatic heterocycles. The molecule has 0 saturated carbocycles. The minimum absolute atomic E-state index is 0.238. The molecule has 1 rings (SSSR count). The number of nitrogens with zero attached hydrogens (tertiary/aromatic N) is 1. The maximum Gasteiger partial charge on any atom is 0.150 e. The predicted molar refractivity (Wildman–Crippen MR) is 74.4 cm³/mol. The van der Waals surface area contributed by atoms with Crippen LogP contribution in [0, 0.1) is 0 Å². The Balaban J connectivity index is 2.39.